The highest BCUT2D eigenvalue weighted by Gasteiger charge is 2.27. The zero-order chi connectivity index (χ0) is 14.5. The molecule has 1 aliphatic heterocycles. The van der Waals surface area contributed by atoms with Crippen molar-refractivity contribution in [2.75, 3.05) is 13.2 Å². The van der Waals surface area contributed by atoms with Crippen LogP contribution in [-0.2, 0) is 9.53 Å². The molecular formula is C15H21BrN2O2. The maximum Gasteiger partial charge on any atom is 0.237 e. The van der Waals surface area contributed by atoms with E-state index in [1.54, 1.807) is 0 Å². The minimum atomic E-state index is -0.450. The first-order valence-electron chi connectivity index (χ1n) is 6.97. The molecule has 110 valence electrons. The molecular weight excluding hydrogens is 320 g/mol. The van der Waals surface area contributed by atoms with E-state index in [-0.39, 0.29) is 17.9 Å². The lowest BCUT2D eigenvalue weighted by Gasteiger charge is -2.28. The SMILES string of the molecule is CC(NC(=O)C(N)C1CCOCC1)c1cccc(Br)c1. The summed E-state index contributed by atoms with van der Waals surface area (Å²) >= 11 is 3.44. The van der Waals surface area contributed by atoms with Crippen molar-refractivity contribution in [2.24, 2.45) is 11.7 Å². The summed E-state index contributed by atoms with van der Waals surface area (Å²) in [5.41, 5.74) is 7.13. The standard InChI is InChI=1S/C15H21BrN2O2/c1-10(12-3-2-4-13(16)9-12)18-15(19)14(17)11-5-7-20-8-6-11/h2-4,9-11,14H,5-8,17H2,1H3,(H,18,19). The third-order valence-corrected chi connectivity index (χ3v) is 4.28. The number of nitrogens with one attached hydrogen (secondary N) is 1. The van der Waals surface area contributed by atoms with Crippen LogP contribution in [0.1, 0.15) is 31.4 Å². The van der Waals surface area contributed by atoms with Crippen LogP contribution in [0.3, 0.4) is 0 Å². The summed E-state index contributed by atoms with van der Waals surface area (Å²) in [5, 5.41) is 2.99. The monoisotopic (exact) mass is 340 g/mol. The predicted molar refractivity (Wildman–Crippen MR) is 82.2 cm³/mol. The maximum absolute atomic E-state index is 12.2. The van der Waals surface area contributed by atoms with Crippen LogP contribution in [0, 0.1) is 5.92 Å². The van der Waals surface area contributed by atoms with Gasteiger partial charge in [-0.1, -0.05) is 28.1 Å². The summed E-state index contributed by atoms with van der Waals surface area (Å²) in [4.78, 5) is 12.2. The maximum atomic E-state index is 12.2. The van der Waals surface area contributed by atoms with E-state index in [1.807, 2.05) is 31.2 Å². The number of benzene rings is 1. The van der Waals surface area contributed by atoms with Gasteiger partial charge in [0.05, 0.1) is 12.1 Å². The van der Waals surface area contributed by atoms with Crippen LogP contribution in [0.4, 0.5) is 0 Å². The molecule has 5 heteroatoms. The number of rotatable bonds is 4. The summed E-state index contributed by atoms with van der Waals surface area (Å²) in [7, 11) is 0. The zero-order valence-corrected chi connectivity index (χ0v) is 13.2. The second-order valence-electron chi connectivity index (χ2n) is 5.26. The van der Waals surface area contributed by atoms with Gasteiger partial charge in [0.2, 0.25) is 5.91 Å². The number of amides is 1. The highest BCUT2D eigenvalue weighted by Crippen LogP contribution is 2.20. The first-order valence-corrected chi connectivity index (χ1v) is 7.76. The molecule has 1 amide bonds. The van der Waals surface area contributed by atoms with Crippen LogP contribution in [0.25, 0.3) is 0 Å². The lowest BCUT2D eigenvalue weighted by Crippen LogP contribution is -2.47. The summed E-state index contributed by atoms with van der Waals surface area (Å²) in [6.45, 7) is 3.37. The fourth-order valence-electron chi connectivity index (χ4n) is 2.46. The average molecular weight is 341 g/mol. The predicted octanol–water partition coefficient (Wildman–Crippen LogP) is 2.38. The van der Waals surface area contributed by atoms with Gasteiger partial charge >= 0.3 is 0 Å². The molecule has 1 aromatic rings. The topological polar surface area (TPSA) is 64.4 Å². The van der Waals surface area contributed by atoms with Gasteiger partial charge in [-0.3, -0.25) is 4.79 Å². The molecule has 0 aromatic heterocycles. The molecule has 2 unspecified atom stereocenters. The molecule has 1 aliphatic rings. The van der Waals surface area contributed by atoms with Crippen LogP contribution in [-0.4, -0.2) is 25.2 Å². The Morgan fingerprint density at radius 1 is 1.45 bits per heavy atom. The van der Waals surface area contributed by atoms with Gasteiger partial charge in [-0.2, -0.15) is 0 Å². The van der Waals surface area contributed by atoms with Crippen molar-refractivity contribution in [3.05, 3.63) is 34.3 Å². The first-order chi connectivity index (χ1) is 9.58. The molecule has 0 spiro atoms. The fourth-order valence-corrected chi connectivity index (χ4v) is 2.87. The number of carbonyl (C=O) groups excluding carboxylic acids is 1. The first kappa shape index (κ1) is 15.5. The molecule has 0 radical (unpaired) electrons. The summed E-state index contributed by atoms with van der Waals surface area (Å²) < 4.78 is 6.31. The Morgan fingerprint density at radius 2 is 2.15 bits per heavy atom. The van der Waals surface area contributed by atoms with Crippen LogP contribution in [0.2, 0.25) is 0 Å². The number of ether oxygens (including phenoxy) is 1. The van der Waals surface area contributed by atoms with Crippen molar-refractivity contribution in [3.63, 3.8) is 0 Å². The second-order valence-corrected chi connectivity index (χ2v) is 6.18. The van der Waals surface area contributed by atoms with E-state index in [0.29, 0.717) is 13.2 Å². The molecule has 1 saturated heterocycles. The van der Waals surface area contributed by atoms with E-state index in [4.69, 9.17) is 10.5 Å². The van der Waals surface area contributed by atoms with E-state index >= 15 is 0 Å². The van der Waals surface area contributed by atoms with E-state index in [2.05, 4.69) is 21.2 Å². The molecule has 0 bridgehead atoms. The van der Waals surface area contributed by atoms with E-state index in [0.717, 1.165) is 22.9 Å². The lowest BCUT2D eigenvalue weighted by atomic mass is 9.91. The number of carbonyl (C=O) groups is 1. The Hall–Kier alpha value is -0.910. The minimum absolute atomic E-state index is 0.0501. The van der Waals surface area contributed by atoms with Gasteiger partial charge in [-0.05, 0) is 43.4 Å². The van der Waals surface area contributed by atoms with E-state index in [1.165, 1.54) is 0 Å². The summed E-state index contributed by atoms with van der Waals surface area (Å²) in [6, 6.07) is 7.42. The van der Waals surface area contributed by atoms with Crippen LogP contribution < -0.4 is 11.1 Å². The van der Waals surface area contributed by atoms with Crippen LogP contribution >= 0.6 is 15.9 Å². The molecule has 0 saturated carbocycles. The molecule has 2 atom stereocenters. The molecule has 3 N–H and O–H groups in total. The molecule has 2 rings (SSSR count). The second kappa shape index (κ2) is 7.20. The number of hydrogen-bond donors (Lipinski definition) is 2. The van der Waals surface area contributed by atoms with Gasteiger partial charge in [-0.25, -0.2) is 0 Å². The fraction of sp³-hybridized carbons (Fsp3) is 0.533. The largest absolute Gasteiger partial charge is 0.381 e. The number of nitrogens with two attached hydrogens (primary N) is 1. The van der Waals surface area contributed by atoms with E-state index < -0.39 is 6.04 Å². The van der Waals surface area contributed by atoms with Gasteiger partial charge in [0.15, 0.2) is 0 Å². The summed E-state index contributed by atoms with van der Waals surface area (Å²) in [6.07, 6.45) is 1.72. The summed E-state index contributed by atoms with van der Waals surface area (Å²) in [5.74, 6) is 0.142. The quantitative estimate of drug-likeness (QED) is 0.884. The van der Waals surface area contributed by atoms with Gasteiger partial charge in [0.25, 0.3) is 0 Å². The Labute approximate surface area is 128 Å². The Morgan fingerprint density at radius 3 is 2.80 bits per heavy atom. The highest BCUT2D eigenvalue weighted by atomic mass is 79.9. The molecule has 4 nitrogen and oxygen atoms in total. The molecule has 1 fully saturated rings. The molecule has 20 heavy (non-hydrogen) atoms. The zero-order valence-electron chi connectivity index (χ0n) is 11.6. The van der Waals surface area contributed by atoms with Crippen molar-refractivity contribution in [3.8, 4) is 0 Å². The molecule has 1 heterocycles. The van der Waals surface area contributed by atoms with Crippen molar-refractivity contribution >= 4 is 21.8 Å². The van der Waals surface area contributed by atoms with Gasteiger partial charge < -0.3 is 15.8 Å². The van der Waals surface area contributed by atoms with Crippen molar-refractivity contribution in [2.45, 2.75) is 31.8 Å². The van der Waals surface area contributed by atoms with Gasteiger partial charge in [0, 0.05) is 17.7 Å². The lowest BCUT2D eigenvalue weighted by molar-refractivity contribution is -0.125. The normalized spacial score (nSPS) is 19.4. The third-order valence-electron chi connectivity index (χ3n) is 3.78. The highest BCUT2D eigenvalue weighted by molar-refractivity contribution is 9.10. The van der Waals surface area contributed by atoms with Gasteiger partial charge in [-0.15, -0.1) is 0 Å². The molecule has 0 aliphatic carbocycles. The Bertz CT molecular complexity index is 461. The number of halogens is 1. The van der Waals surface area contributed by atoms with Crippen LogP contribution in [0.5, 0.6) is 0 Å². The number of hydrogen-bond acceptors (Lipinski definition) is 3. The Kier molecular flexibility index (Phi) is 5.57. The Balaban J connectivity index is 1.93. The van der Waals surface area contributed by atoms with Crippen molar-refractivity contribution in [1.82, 2.24) is 5.32 Å². The third kappa shape index (κ3) is 4.04. The van der Waals surface area contributed by atoms with Crippen LogP contribution in [0.15, 0.2) is 28.7 Å². The molecule has 1 aromatic carbocycles. The van der Waals surface area contributed by atoms with Gasteiger partial charge in [0.1, 0.15) is 0 Å². The minimum Gasteiger partial charge on any atom is -0.381 e. The smallest absolute Gasteiger partial charge is 0.237 e. The van der Waals surface area contributed by atoms with Crippen molar-refractivity contribution < 1.29 is 9.53 Å². The van der Waals surface area contributed by atoms with E-state index in [9.17, 15) is 4.79 Å². The van der Waals surface area contributed by atoms with Crippen molar-refractivity contribution in [1.29, 1.82) is 0 Å². The average Bonchev–Trinajstić information content (AvgIpc) is 2.47.